The lowest BCUT2D eigenvalue weighted by Crippen LogP contribution is -2.43. The standard InChI is InChI=1S/C25H50N2O2/c1-3-5-7-9-10-11-13-22-29-25(28)23-24(15-12-8-6-4-2)16-14-19-27-20-17-26-18-21-27/h24,26H,3-23H2,1-2H3. The Kier molecular flexibility index (Phi) is 17.6. The number of ether oxygens (including phenoxy) is 1. The monoisotopic (exact) mass is 410 g/mol. The lowest BCUT2D eigenvalue weighted by atomic mass is 9.92. The van der Waals surface area contributed by atoms with Crippen LogP contribution in [0, 0.1) is 5.92 Å². The van der Waals surface area contributed by atoms with Gasteiger partial charge in [-0.25, -0.2) is 0 Å². The first kappa shape index (κ1) is 26.4. The quantitative estimate of drug-likeness (QED) is 0.211. The summed E-state index contributed by atoms with van der Waals surface area (Å²) in [6.07, 6.45) is 18.2. The number of carbonyl (C=O) groups is 1. The maximum Gasteiger partial charge on any atom is 0.306 e. The summed E-state index contributed by atoms with van der Waals surface area (Å²) in [5.41, 5.74) is 0. The van der Waals surface area contributed by atoms with E-state index in [0.717, 1.165) is 19.5 Å². The third-order valence-corrected chi connectivity index (χ3v) is 6.23. The molecule has 1 atom stereocenters. The van der Waals surface area contributed by atoms with Gasteiger partial charge in [-0.15, -0.1) is 0 Å². The topological polar surface area (TPSA) is 41.6 Å². The number of esters is 1. The number of carbonyl (C=O) groups excluding carboxylic acids is 1. The fourth-order valence-electron chi connectivity index (χ4n) is 4.29. The molecule has 29 heavy (non-hydrogen) atoms. The van der Waals surface area contributed by atoms with Gasteiger partial charge in [0, 0.05) is 32.6 Å². The van der Waals surface area contributed by atoms with Crippen molar-refractivity contribution < 1.29 is 9.53 Å². The van der Waals surface area contributed by atoms with Crippen molar-refractivity contribution in [3.63, 3.8) is 0 Å². The summed E-state index contributed by atoms with van der Waals surface area (Å²) >= 11 is 0. The molecule has 1 aliphatic rings. The van der Waals surface area contributed by atoms with Crippen LogP contribution in [-0.2, 0) is 9.53 Å². The summed E-state index contributed by atoms with van der Waals surface area (Å²) in [4.78, 5) is 14.9. The molecule has 0 spiro atoms. The summed E-state index contributed by atoms with van der Waals surface area (Å²) < 4.78 is 5.57. The zero-order valence-electron chi connectivity index (χ0n) is 19.7. The molecular formula is C25H50N2O2. The van der Waals surface area contributed by atoms with Crippen molar-refractivity contribution in [2.45, 2.75) is 110 Å². The molecule has 4 heteroatoms. The van der Waals surface area contributed by atoms with Crippen LogP contribution in [0.25, 0.3) is 0 Å². The normalized spacial score (nSPS) is 16.1. The van der Waals surface area contributed by atoms with Crippen LogP contribution in [0.3, 0.4) is 0 Å². The first-order valence-corrected chi connectivity index (χ1v) is 12.8. The summed E-state index contributed by atoms with van der Waals surface area (Å²) in [5.74, 6) is 0.551. The van der Waals surface area contributed by atoms with Gasteiger partial charge in [-0.1, -0.05) is 78.1 Å². The number of unbranched alkanes of at least 4 members (excludes halogenated alkanes) is 9. The molecule has 1 fully saturated rings. The number of nitrogens with zero attached hydrogens (tertiary/aromatic N) is 1. The van der Waals surface area contributed by atoms with E-state index in [4.69, 9.17) is 4.74 Å². The Labute approximate surface area is 181 Å². The fourth-order valence-corrected chi connectivity index (χ4v) is 4.29. The van der Waals surface area contributed by atoms with E-state index in [-0.39, 0.29) is 5.97 Å². The van der Waals surface area contributed by atoms with Crippen molar-refractivity contribution in [3.05, 3.63) is 0 Å². The molecule has 1 rings (SSSR count). The maximum atomic E-state index is 12.3. The lowest BCUT2D eigenvalue weighted by molar-refractivity contribution is -0.145. The van der Waals surface area contributed by atoms with E-state index in [2.05, 4.69) is 24.1 Å². The van der Waals surface area contributed by atoms with E-state index in [0.29, 0.717) is 18.9 Å². The predicted octanol–water partition coefficient (Wildman–Crippen LogP) is 5.94. The molecule has 4 nitrogen and oxygen atoms in total. The van der Waals surface area contributed by atoms with Crippen LogP contribution < -0.4 is 5.32 Å². The van der Waals surface area contributed by atoms with Crippen LogP contribution in [0.15, 0.2) is 0 Å². The van der Waals surface area contributed by atoms with Gasteiger partial charge in [0.25, 0.3) is 0 Å². The molecule has 1 heterocycles. The third-order valence-electron chi connectivity index (χ3n) is 6.23. The number of piperazine rings is 1. The Balaban J connectivity index is 2.17. The molecule has 0 bridgehead atoms. The lowest BCUT2D eigenvalue weighted by Gasteiger charge is -2.27. The zero-order chi connectivity index (χ0) is 21.0. The smallest absolute Gasteiger partial charge is 0.306 e. The van der Waals surface area contributed by atoms with Gasteiger partial charge in [0.05, 0.1) is 6.61 Å². The molecule has 0 aromatic rings. The van der Waals surface area contributed by atoms with Gasteiger partial charge in [0.2, 0.25) is 0 Å². The number of rotatable bonds is 19. The fraction of sp³-hybridized carbons (Fsp3) is 0.960. The van der Waals surface area contributed by atoms with E-state index < -0.39 is 0 Å². The van der Waals surface area contributed by atoms with Crippen molar-refractivity contribution in [1.82, 2.24) is 10.2 Å². The van der Waals surface area contributed by atoms with Crippen molar-refractivity contribution in [2.75, 3.05) is 39.3 Å². The van der Waals surface area contributed by atoms with E-state index in [9.17, 15) is 4.79 Å². The number of hydrogen-bond donors (Lipinski definition) is 1. The van der Waals surface area contributed by atoms with Crippen LogP contribution in [0.1, 0.15) is 110 Å². The van der Waals surface area contributed by atoms with Crippen LogP contribution in [0.5, 0.6) is 0 Å². The Morgan fingerprint density at radius 3 is 2.10 bits per heavy atom. The molecule has 1 aliphatic heterocycles. The van der Waals surface area contributed by atoms with Gasteiger partial charge >= 0.3 is 5.97 Å². The van der Waals surface area contributed by atoms with Gasteiger partial charge in [-0.3, -0.25) is 4.79 Å². The largest absolute Gasteiger partial charge is 0.466 e. The van der Waals surface area contributed by atoms with Gasteiger partial charge in [0.15, 0.2) is 0 Å². The molecule has 0 aromatic carbocycles. The Morgan fingerprint density at radius 1 is 0.828 bits per heavy atom. The SMILES string of the molecule is CCCCCCCCCOC(=O)CC(CCCCCC)CCCN1CCNCC1. The highest BCUT2D eigenvalue weighted by atomic mass is 16.5. The molecule has 0 saturated carbocycles. The summed E-state index contributed by atoms with van der Waals surface area (Å²) in [7, 11) is 0. The Bertz CT molecular complexity index is 370. The minimum Gasteiger partial charge on any atom is -0.466 e. The molecule has 0 aromatic heterocycles. The molecule has 172 valence electrons. The van der Waals surface area contributed by atoms with Crippen LogP contribution in [0.4, 0.5) is 0 Å². The van der Waals surface area contributed by atoms with Crippen molar-refractivity contribution in [3.8, 4) is 0 Å². The van der Waals surface area contributed by atoms with E-state index in [1.54, 1.807) is 0 Å². The molecule has 1 N–H and O–H groups in total. The molecule has 1 unspecified atom stereocenters. The average molecular weight is 411 g/mol. The minimum atomic E-state index is 0.0404. The first-order chi connectivity index (χ1) is 14.3. The zero-order valence-corrected chi connectivity index (χ0v) is 19.7. The second kappa shape index (κ2) is 19.4. The summed E-state index contributed by atoms with van der Waals surface area (Å²) in [6.45, 7) is 10.9. The van der Waals surface area contributed by atoms with Crippen molar-refractivity contribution in [2.24, 2.45) is 5.92 Å². The van der Waals surface area contributed by atoms with Gasteiger partial charge in [0.1, 0.15) is 0 Å². The van der Waals surface area contributed by atoms with Gasteiger partial charge in [-0.05, 0) is 38.1 Å². The van der Waals surface area contributed by atoms with Crippen LogP contribution in [-0.4, -0.2) is 50.2 Å². The summed E-state index contributed by atoms with van der Waals surface area (Å²) in [6, 6.07) is 0. The first-order valence-electron chi connectivity index (χ1n) is 12.8. The van der Waals surface area contributed by atoms with E-state index in [1.165, 1.54) is 103 Å². The minimum absolute atomic E-state index is 0.0404. The maximum absolute atomic E-state index is 12.3. The molecule has 1 saturated heterocycles. The predicted molar refractivity (Wildman–Crippen MR) is 124 cm³/mol. The highest BCUT2D eigenvalue weighted by molar-refractivity contribution is 5.69. The molecule has 0 aliphatic carbocycles. The number of hydrogen-bond acceptors (Lipinski definition) is 4. The second-order valence-electron chi connectivity index (χ2n) is 9.00. The van der Waals surface area contributed by atoms with Gasteiger partial charge < -0.3 is 15.0 Å². The summed E-state index contributed by atoms with van der Waals surface area (Å²) in [5, 5.41) is 3.42. The number of nitrogens with one attached hydrogen (secondary N) is 1. The second-order valence-corrected chi connectivity index (χ2v) is 9.00. The highest BCUT2D eigenvalue weighted by Gasteiger charge is 2.16. The average Bonchev–Trinajstić information content (AvgIpc) is 2.73. The van der Waals surface area contributed by atoms with E-state index in [1.807, 2.05) is 0 Å². The Hall–Kier alpha value is -0.610. The Morgan fingerprint density at radius 2 is 1.41 bits per heavy atom. The van der Waals surface area contributed by atoms with Crippen molar-refractivity contribution in [1.29, 1.82) is 0 Å². The molecule has 0 amide bonds. The van der Waals surface area contributed by atoms with Crippen molar-refractivity contribution >= 4 is 5.97 Å². The van der Waals surface area contributed by atoms with Crippen LogP contribution >= 0.6 is 0 Å². The van der Waals surface area contributed by atoms with Crippen LogP contribution in [0.2, 0.25) is 0 Å². The highest BCUT2D eigenvalue weighted by Crippen LogP contribution is 2.21. The third kappa shape index (κ3) is 15.8. The van der Waals surface area contributed by atoms with Gasteiger partial charge in [-0.2, -0.15) is 0 Å². The molecular weight excluding hydrogens is 360 g/mol. The molecule has 0 radical (unpaired) electrons. The van der Waals surface area contributed by atoms with E-state index >= 15 is 0 Å².